The molecule has 1 rings (SSSR count). The topological polar surface area (TPSA) is 26.0 Å². The van der Waals surface area contributed by atoms with E-state index in [1.807, 2.05) is 19.1 Å². The van der Waals surface area contributed by atoms with Crippen molar-refractivity contribution in [2.45, 2.75) is 13.3 Å². The molecule has 0 aromatic heterocycles. The maximum Gasteiger partial charge on any atom is 0.0771 e. The molecule has 0 saturated heterocycles. The molecule has 0 amide bonds. The molecule has 0 saturated carbocycles. The average Bonchev–Trinajstić information content (AvgIpc) is 1.96. The number of halogens is 1. The van der Waals surface area contributed by atoms with Crippen molar-refractivity contribution in [3.05, 3.63) is 33.8 Å². The quantitative estimate of drug-likeness (QED) is 0.809. The number of benzene rings is 1. The Balaban J connectivity index is 2.89. The minimum atomic E-state index is 0.539. The Labute approximate surface area is 86.1 Å². The third-order valence-corrected chi connectivity index (χ3v) is 2.63. The number of rotatable bonds is 2. The second kappa shape index (κ2) is 4.01. The Morgan fingerprint density at radius 3 is 2.75 bits per heavy atom. The van der Waals surface area contributed by atoms with E-state index in [0.29, 0.717) is 11.4 Å². The van der Waals surface area contributed by atoms with Crippen molar-refractivity contribution in [1.29, 1.82) is 0 Å². The highest BCUT2D eigenvalue weighted by Crippen LogP contribution is 2.17. The number of thiocarbonyl (C=S) groups is 1. The molecular weight excluding hydrogens is 234 g/mol. The van der Waals surface area contributed by atoms with Crippen LogP contribution in [0.15, 0.2) is 22.7 Å². The zero-order chi connectivity index (χ0) is 9.14. The Hall–Kier alpha value is -0.410. The Morgan fingerprint density at radius 1 is 1.58 bits per heavy atom. The summed E-state index contributed by atoms with van der Waals surface area (Å²) in [6.07, 6.45) is 0.684. The standard InChI is InChI=1S/C9H10BrNS/c1-6-4-7(5-9(11)12)2-3-8(6)10/h2-4H,5H2,1H3,(H2,11,12). The van der Waals surface area contributed by atoms with Gasteiger partial charge in [0.2, 0.25) is 0 Å². The van der Waals surface area contributed by atoms with Crippen molar-refractivity contribution in [1.82, 2.24) is 0 Å². The van der Waals surface area contributed by atoms with Gasteiger partial charge in [-0.25, -0.2) is 0 Å². The van der Waals surface area contributed by atoms with E-state index in [9.17, 15) is 0 Å². The van der Waals surface area contributed by atoms with Gasteiger partial charge in [0.1, 0.15) is 0 Å². The van der Waals surface area contributed by atoms with E-state index >= 15 is 0 Å². The molecule has 3 heteroatoms. The number of hydrogen-bond donors (Lipinski definition) is 1. The minimum Gasteiger partial charge on any atom is -0.393 e. The Bertz CT molecular complexity index is 309. The lowest BCUT2D eigenvalue weighted by Gasteiger charge is -2.02. The third-order valence-electron chi connectivity index (χ3n) is 1.60. The summed E-state index contributed by atoms with van der Waals surface area (Å²) in [7, 11) is 0. The molecule has 0 aliphatic heterocycles. The van der Waals surface area contributed by atoms with Crippen molar-refractivity contribution in [3.8, 4) is 0 Å². The smallest absolute Gasteiger partial charge is 0.0771 e. The van der Waals surface area contributed by atoms with Crippen molar-refractivity contribution in [3.63, 3.8) is 0 Å². The van der Waals surface area contributed by atoms with E-state index in [4.69, 9.17) is 18.0 Å². The van der Waals surface area contributed by atoms with Gasteiger partial charge in [-0.3, -0.25) is 0 Å². The summed E-state index contributed by atoms with van der Waals surface area (Å²) in [4.78, 5) is 0.539. The molecule has 1 aromatic rings. The molecular formula is C9H10BrNS. The van der Waals surface area contributed by atoms with Gasteiger partial charge in [0.25, 0.3) is 0 Å². The van der Waals surface area contributed by atoms with E-state index in [0.717, 1.165) is 4.47 Å². The molecule has 0 bridgehead atoms. The van der Waals surface area contributed by atoms with Gasteiger partial charge in [0, 0.05) is 10.9 Å². The third kappa shape index (κ3) is 2.57. The highest BCUT2D eigenvalue weighted by molar-refractivity contribution is 9.10. The molecule has 0 heterocycles. The first kappa shape index (κ1) is 9.68. The molecule has 0 aliphatic carbocycles. The molecule has 0 radical (unpaired) electrons. The van der Waals surface area contributed by atoms with E-state index in [1.54, 1.807) is 0 Å². The Morgan fingerprint density at radius 2 is 2.25 bits per heavy atom. The monoisotopic (exact) mass is 243 g/mol. The lowest BCUT2D eigenvalue weighted by Crippen LogP contribution is -2.10. The van der Waals surface area contributed by atoms with E-state index in [-0.39, 0.29) is 0 Å². The molecule has 1 nitrogen and oxygen atoms in total. The first-order valence-corrected chi connectivity index (χ1v) is 4.83. The van der Waals surface area contributed by atoms with Crippen molar-refractivity contribution in [2.75, 3.05) is 0 Å². The maximum atomic E-state index is 5.43. The highest BCUT2D eigenvalue weighted by atomic mass is 79.9. The molecule has 0 unspecified atom stereocenters. The first-order chi connectivity index (χ1) is 5.59. The summed E-state index contributed by atoms with van der Waals surface area (Å²) in [6, 6.07) is 6.13. The fraction of sp³-hybridized carbons (Fsp3) is 0.222. The van der Waals surface area contributed by atoms with Gasteiger partial charge in [0.05, 0.1) is 4.99 Å². The molecule has 12 heavy (non-hydrogen) atoms. The van der Waals surface area contributed by atoms with Crippen LogP contribution in [0.2, 0.25) is 0 Å². The first-order valence-electron chi connectivity index (χ1n) is 3.63. The van der Waals surface area contributed by atoms with Crippen LogP contribution in [-0.4, -0.2) is 4.99 Å². The molecule has 0 aliphatic rings. The normalized spacial score (nSPS) is 9.83. The zero-order valence-corrected chi connectivity index (χ0v) is 9.21. The molecule has 0 fully saturated rings. The number of hydrogen-bond acceptors (Lipinski definition) is 1. The van der Waals surface area contributed by atoms with Crippen molar-refractivity contribution >= 4 is 33.1 Å². The number of nitrogens with two attached hydrogens (primary N) is 1. The lowest BCUT2D eigenvalue weighted by molar-refractivity contribution is 1.28. The second-order valence-corrected chi connectivity index (χ2v) is 4.11. The predicted octanol–water partition coefficient (Wildman–Crippen LogP) is 2.59. The van der Waals surface area contributed by atoms with E-state index < -0.39 is 0 Å². The zero-order valence-electron chi connectivity index (χ0n) is 6.80. The molecule has 2 N–H and O–H groups in total. The van der Waals surface area contributed by atoms with Crippen LogP contribution in [0, 0.1) is 6.92 Å². The van der Waals surface area contributed by atoms with Crippen molar-refractivity contribution in [2.24, 2.45) is 5.73 Å². The van der Waals surface area contributed by atoms with Crippen LogP contribution >= 0.6 is 28.1 Å². The second-order valence-electron chi connectivity index (χ2n) is 2.73. The fourth-order valence-corrected chi connectivity index (χ4v) is 1.43. The van der Waals surface area contributed by atoms with Gasteiger partial charge >= 0.3 is 0 Å². The average molecular weight is 244 g/mol. The van der Waals surface area contributed by atoms with Crippen LogP contribution in [-0.2, 0) is 6.42 Å². The van der Waals surface area contributed by atoms with E-state index in [1.165, 1.54) is 11.1 Å². The van der Waals surface area contributed by atoms with Crippen LogP contribution in [0.3, 0.4) is 0 Å². The SMILES string of the molecule is Cc1cc(CC(N)=S)ccc1Br. The van der Waals surface area contributed by atoms with Crippen LogP contribution < -0.4 is 5.73 Å². The lowest BCUT2D eigenvalue weighted by atomic mass is 10.1. The molecule has 64 valence electrons. The summed E-state index contributed by atoms with van der Waals surface area (Å²) in [5, 5.41) is 0. The van der Waals surface area contributed by atoms with Gasteiger partial charge in [0.15, 0.2) is 0 Å². The summed E-state index contributed by atoms with van der Waals surface area (Å²) in [5.74, 6) is 0. The fourth-order valence-electron chi connectivity index (χ4n) is 1.02. The van der Waals surface area contributed by atoms with Crippen LogP contribution in [0.5, 0.6) is 0 Å². The van der Waals surface area contributed by atoms with E-state index in [2.05, 4.69) is 22.0 Å². The summed E-state index contributed by atoms with van der Waals surface area (Å²) in [5.41, 5.74) is 7.81. The minimum absolute atomic E-state index is 0.539. The van der Waals surface area contributed by atoms with Gasteiger partial charge in [-0.15, -0.1) is 0 Å². The maximum absolute atomic E-state index is 5.43. The van der Waals surface area contributed by atoms with Crippen LogP contribution in [0.4, 0.5) is 0 Å². The number of aryl methyl sites for hydroxylation is 1. The molecule has 0 atom stereocenters. The highest BCUT2D eigenvalue weighted by Gasteiger charge is 1.98. The predicted molar refractivity (Wildman–Crippen MR) is 59.4 cm³/mol. The largest absolute Gasteiger partial charge is 0.393 e. The summed E-state index contributed by atoms with van der Waals surface area (Å²) >= 11 is 8.25. The van der Waals surface area contributed by atoms with Gasteiger partial charge in [-0.05, 0) is 24.1 Å². The Kier molecular flexibility index (Phi) is 3.23. The molecule has 0 spiro atoms. The van der Waals surface area contributed by atoms with Gasteiger partial charge < -0.3 is 5.73 Å². The van der Waals surface area contributed by atoms with Crippen LogP contribution in [0.1, 0.15) is 11.1 Å². The van der Waals surface area contributed by atoms with Gasteiger partial charge in [-0.1, -0.05) is 40.3 Å². The molecule has 1 aromatic carbocycles. The van der Waals surface area contributed by atoms with Crippen LogP contribution in [0.25, 0.3) is 0 Å². The van der Waals surface area contributed by atoms with Crippen molar-refractivity contribution < 1.29 is 0 Å². The van der Waals surface area contributed by atoms with Gasteiger partial charge in [-0.2, -0.15) is 0 Å². The summed E-state index contributed by atoms with van der Waals surface area (Å²) < 4.78 is 1.12. The summed E-state index contributed by atoms with van der Waals surface area (Å²) in [6.45, 7) is 2.05.